The van der Waals surface area contributed by atoms with Gasteiger partial charge < -0.3 is 5.32 Å². The highest BCUT2D eigenvalue weighted by Gasteiger charge is 2.16. The lowest BCUT2D eigenvalue weighted by molar-refractivity contribution is -0.385. The quantitative estimate of drug-likeness (QED) is 0.568. The van der Waals surface area contributed by atoms with Crippen LogP contribution in [0.1, 0.15) is 51.7 Å². The minimum atomic E-state index is -0.307. The van der Waals surface area contributed by atoms with Gasteiger partial charge in [-0.05, 0) is 37.2 Å². The highest BCUT2D eigenvalue weighted by atomic mass is 16.6. The summed E-state index contributed by atoms with van der Waals surface area (Å²) in [4.78, 5) is 10.7. The molecule has 1 N–H and O–H groups in total. The van der Waals surface area contributed by atoms with Crippen LogP contribution in [0.4, 0.5) is 5.69 Å². The molecule has 0 fully saturated rings. The van der Waals surface area contributed by atoms with Gasteiger partial charge in [0.1, 0.15) is 0 Å². The number of rotatable bonds is 8. The topological polar surface area (TPSA) is 55.2 Å². The highest BCUT2D eigenvalue weighted by molar-refractivity contribution is 5.44. The van der Waals surface area contributed by atoms with E-state index in [2.05, 4.69) is 33.0 Å². The van der Waals surface area contributed by atoms with Gasteiger partial charge in [-0.25, -0.2) is 0 Å². The van der Waals surface area contributed by atoms with E-state index in [0.717, 1.165) is 24.0 Å². The number of hydrogen-bond donors (Lipinski definition) is 1. The third-order valence-electron chi connectivity index (χ3n) is 3.71. The largest absolute Gasteiger partial charge is 0.310 e. The first-order valence-electron chi connectivity index (χ1n) is 7.77. The van der Waals surface area contributed by atoms with Gasteiger partial charge in [0.15, 0.2) is 0 Å². The SMILES string of the molecule is Cc1c(CNC(CC(C)C)CC(C)C)cccc1[N+](=O)[O-]. The zero-order valence-corrected chi connectivity index (χ0v) is 13.8. The van der Waals surface area contributed by atoms with Crippen molar-refractivity contribution in [2.45, 2.75) is 60.0 Å². The van der Waals surface area contributed by atoms with Crippen LogP contribution in [-0.4, -0.2) is 11.0 Å². The van der Waals surface area contributed by atoms with Crippen molar-refractivity contribution >= 4 is 5.69 Å². The number of nitrogens with one attached hydrogen (secondary N) is 1. The molecule has 0 saturated heterocycles. The van der Waals surface area contributed by atoms with Crippen LogP contribution in [-0.2, 0) is 6.54 Å². The second-order valence-corrected chi connectivity index (χ2v) is 6.66. The molecule has 1 aromatic carbocycles. The molecular formula is C17H28N2O2. The first kappa shape index (κ1) is 17.6. The summed E-state index contributed by atoms with van der Waals surface area (Å²) in [6.45, 7) is 11.4. The summed E-state index contributed by atoms with van der Waals surface area (Å²) < 4.78 is 0. The van der Waals surface area contributed by atoms with Gasteiger partial charge in [-0.3, -0.25) is 10.1 Å². The van der Waals surface area contributed by atoms with Crippen molar-refractivity contribution in [1.29, 1.82) is 0 Å². The van der Waals surface area contributed by atoms with Crippen molar-refractivity contribution in [2.24, 2.45) is 11.8 Å². The van der Waals surface area contributed by atoms with Crippen LogP contribution < -0.4 is 5.32 Å². The van der Waals surface area contributed by atoms with Crippen molar-refractivity contribution in [2.75, 3.05) is 0 Å². The summed E-state index contributed by atoms with van der Waals surface area (Å²) in [6, 6.07) is 5.77. The van der Waals surface area contributed by atoms with Gasteiger partial charge in [0.2, 0.25) is 0 Å². The Kier molecular flexibility index (Phi) is 6.82. The van der Waals surface area contributed by atoms with Crippen molar-refractivity contribution in [3.8, 4) is 0 Å². The molecule has 0 aliphatic carbocycles. The Bertz CT molecular complexity index is 460. The smallest absolute Gasteiger partial charge is 0.272 e. The molecule has 0 spiro atoms. The van der Waals surface area contributed by atoms with E-state index in [4.69, 9.17) is 0 Å². The monoisotopic (exact) mass is 292 g/mol. The van der Waals surface area contributed by atoms with E-state index >= 15 is 0 Å². The lowest BCUT2D eigenvalue weighted by atomic mass is 9.95. The molecule has 0 atom stereocenters. The normalized spacial score (nSPS) is 11.6. The standard InChI is InChI=1S/C17H28N2O2/c1-12(2)9-16(10-13(3)4)18-11-15-7-6-8-17(14(15)5)19(20)21/h6-8,12-13,16,18H,9-11H2,1-5H3. The highest BCUT2D eigenvalue weighted by Crippen LogP contribution is 2.21. The van der Waals surface area contributed by atoms with Gasteiger partial charge in [0, 0.05) is 24.2 Å². The van der Waals surface area contributed by atoms with Crippen LogP contribution >= 0.6 is 0 Å². The van der Waals surface area contributed by atoms with E-state index < -0.39 is 0 Å². The van der Waals surface area contributed by atoms with Crippen LogP contribution in [0.3, 0.4) is 0 Å². The maximum Gasteiger partial charge on any atom is 0.272 e. The van der Waals surface area contributed by atoms with Gasteiger partial charge in [-0.1, -0.05) is 39.8 Å². The molecule has 0 aliphatic rings. The summed E-state index contributed by atoms with van der Waals surface area (Å²) in [7, 11) is 0. The fourth-order valence-corrected chi connectivity index (χ4v) is 2.71. The molecule has 0 heterocycles. The van der Waals surface area contributed by atoms with Crippen molar-refractivity contribution in [3.05, 3.63) is 39.4 Å². The van der Waals surface area contributed by atoms with Gasteiger partial charge in [-0.2, -0.15) is 0 Å². The van der Waals surface area contributed by atoms with Gasteiger partial charge in [0.05, 0.1) is 4.92 Å². The second-order valence-electron chi connectivity index (χ2n) is 6.66. The van der Waals surface area contributed by atoms with Crippen LogP contribution in [0, 0.1) is 28.9 Å². The third-order valence-corrected chi connectivity index (χ3v) is 3.71. The molecule has 4 heteroatoms. The predicted octanol–water partition coefficient (Wildman–Crippen LogP) is 4.45. The van der Waals surface area contributed by atoms with E-state index in [-0.39, 0.29) is 10.6 Å². The second kappa shape index (κ2) is 8.13. The van der Waals surface area contributed by atoms with E-state index in [1.165, 1.54) is 0 Å². The Hall–Kier alpha value is -1.42. The summed E-state index contributed by atoms with van der Waals surface area (Å²) in [5.41, 5.74) is 1.99. The number of benzene rings is 1. The Balaban J connectivity index is 2.75. The van der Waals surface area contributed by atoms with Crippen molar-refractivity contribution in [3.63, 3.8) is 0 Å². The number of nitro groups is 1. The molecule has 118 valence electrons. The maximum absolute atomic E-state index is 11.0. The van der Waals surface area contributed by atoms with Crippen LogP contribution in [0.25, 0.3) is 0 Å². The van der Waals surface area contributed by atoms with E-state index in [1.807, 2.05) is 13.0 Å². The molecule has 1 aromatic rings. The van der Waals surface area contributed by atoms with Crippen LogP contribution in [0.15, 0.2) is 18.2 Å². The maximum atomic E-state index is 11.0. The Morgan fingerprint density at radius 2 is 1.71 bits per heavy atom. The lowest BCUT2D eigenvalue weighted by Gasteiger charge is -2.23. The minimum absolute atomic E-state index is 0.207. The van der Waals surface area contributed by atoms with Crippen LogP contribution in [0.5, 0.6) is 0 Å². The van der Waals surface area contributed by atoms with Gasteiger partial charge in [0.25, 0.3) is 5.69 Å². The number of nitro benzene ring substituents is 1. The molecule has 21 heavy (non-hydrogen) atoms. The lowest BCUT2D eigenvalue weighted by Crippen LogP contribution is -2.31. The summed E-state index contributed by atoms with van der Waals surface area (Å²) in [6.07, 6.45) is 2.26. The zero-order valence-electron chi connectivity index (χ0n) is 13.8. The molecule has 0 saturated carbocycles. The molecular weight excluding hydrogens is 264 g/mol. The van der Waals surface area contributed by atoms with Crippen molar-refractivity contribution < 1.29 is 4.92 Å². The fraction of sp³-hybridized carbons (Fsp3) is 0.647. The molecule has 0 unspecified atom stereocenters. The Labute approximate surface area is 128 Å². The first-order valence-corrected chi connectivity index (χ1v) is 7.77. The van der Waals surface area contributed by atoms with E-state index in [0.29, 0.717) is 24.4 Å². The summed E-state index contributed by atoms with van der Waals surface area (Å²) >= 11 is 0. The third kappa shape index (κ3) is 5.84. The number of hydrogen-bond acceptors (Lipinski definition) is 3. The van der Waals surface area contributed by atoms with Crippen molar-refractivity contribution in [1.82, 2.24) is 5.32 Å². The van der Waals surface area contributed by atoms with Gasteiger partial charge >= 0.3 is 0 Å². The summed E-state index contributed by atoms with van der Waals surface area (Å²) in [5, 5.41) is 14.6. The average molecular weight is 292 g/mol. The van der Waals surface area contributed by atoms with Crippen LogP contribution in [0.2, 0.25) is 0 Å². The Morgan fingerprint density at radius 3 is 2.19 bits per heavy atom. The summed E-state index contributed by atoms with van der Waals surface area (Å²) in [5.74, 6) is 1.29. The van der Waals surface area contributed by atoms with Gasteiger partial charge in [-0.15, -0.1) is 0 Å². The first-order chi connectivity index (χ1) is 9.81. The Morgan fingerprint density at radius 1 is 1.14 bits per heavy atom. The number of nitrogens with zero attached hydrogens (tertiary/aromatic N) is 1. The molecule has 0 aliphatic heterocycles. The molecule has 0 amide bonds. The molecule has 0 aromatic heterocycles. The fourth-order valence-electron chi connectivity index (χ4n) is 2.71. The average Bonchev–Trinajstić information content (AvgIpc) is 2.35. The van der Waals surface area contributed by atoms with E-state index in [1.54, 1.807) is 12.1 Å². The molecule has 1 rings (SSSR count). The zero-order chi connectivity index (χ0) is 16.0. The predicted molar refractivity (Wildman–Crippen MR) is 87.4 cm³/mol. The minimum Gasteiger partial charge on any atom is -0.310 e. The molecule has 4 nitrogen and oxygen atoms in total. The van der Waals surface area contributed by atoms with E-state index in [9.17, 15) is 10.1 Å². The molecule has 0 bridgehead atoms. The molecule has 0 radical (unpaired) electrons.